The van der Waals surface area contributed by atoms with Crippen LogP contribution < -0.4 is 5.32 Å². The summed E-state index contributed by atoms with van der Waals surface area (Å²) < 4.78 is 0. The Morgan fingerprint density at radius 1 is 1.17 bits per heavy atom. The number of halogens is 2. The lowest BCUT2D eigenvalue weighted by molar-refractivity contribution is -0.143. The molecular formula is C21H34Cl2N4O2. The fraction of sp³-hybridized carbons (Fsp3) is 0.619. The number of piperazine rings is 1. The number of likely N-dealkylation sites (tertiary alicyclic amines) is 1. The first-order chi connectivity index (χ1) is 13.2. The molecule has 0 saturated carbocycles. The number of likely N-dealkylation sites (N-methyl/N-ethyl adjacent to an activating group) is 1. The molecule has 2 amide bonds. The molecule has 2 aliphatic rings. The van der Waals surface area contributed by atoms with E-state index in [-0.39, 0.29) is 48.7 Å². The summed E-state index contributed by atoms with van der Waals surface area (Å²) in [4.78, 5) is 32.0. The lowest BCUT2D eigenvalue weighted by Crippen LogP contribution is -2.58. The number of carbonyl (C=O) groups excluding carboxylic acids is 2. The van der Waals surface area contributed by atoms with Gasteiger partial charge >= 0.3 is 0 Å². The molecule has 0 aromatic heterocycles. The molecule has 2 saturated heterocycles. The zero-order valence-corrected chi connectivity index (χ0v) is 19.0. The Morgan fingerprint density at radius 2 is 1.86 bits per heavy atom. The molecule has 6 nitrogen and oxygen atoms in total. The standard InChI is InChI=1S/C21H32N4O2.2ClH/c1-3-23(4-2)20(17-9-6-5-7-10-17)21(27)24-13-8-11-18(16-24)25-14-12-22-15-19(25)26;;/h5-7,9-10,18,20,22H,3-4,8,11-16H2,1-2H3;2*1H. The third kappa shape index (κ3) is 6.07. The normalized spacial score (nSPS) is 20.7. The van der Waals surface area contributed by atoms with E-state index in [2.05, 4.69) is 24.1 Å². The van der Waals surface area contributed by atoms with E-state index in [0.29, 0.717) is 13.1 Å². The predicted molar refractivity (Wildman–Crippen MR) is 121 cm³/mol. The third-order valence-corrected chi connectivity index (χ3v) is 5.80. The van der Waals surface area contributed by atoms with Gasteiger partial charge in [-0.1, -0.05) is 44.2 Å². The van der Waals surface area contributed by atoms with Crippen molar-refractivity contribution in [3.63, 3.8) is 0 Å². The molecule has 29 heavy (non-hydrogen) atoms. The highest BCUT2D eigenvalue weighted by Gasteiger charge is 2.35. The lowest BCUT2D eigenvalue weighted by atomic mass is 9.99. The Balaban J connectivity index is 0.00000210. The van der Waals surface area contributed by atoms with Crippen LogP contribution in [-0.2, 0) is 9.59 Å². The monoisotopic (exact) mass is 444 g/mol. The molecule has 0 bridgehead atoms. The number of hydrogen-bond acceptors (Lipinski definition) is 4. The molecule has 2 aliphatic heterocycles. The summed E-state index contributed by atoms with van der Waals surface area (Å²) in [7, 11) is 0. The van der Waals surface area contributed by atoms with Gasteiger partial charge in [-0.3, -0.25) is 14.5 Å². The van der Waals surface area contributed by atoms with Gasteiger partial charge in [0.25, 0.3) is 0 Å². The fourth-order valence-electron chi connectivity index (χ4n) is 4.32. The average molecular weight is 445 g/mol. The minimum Gasteiger partial charge on any atom is -0.339 e. The number of hydrogen-bond donors (Lipinski definition) is 1. The summed E-state index contributed by atoms with van der Waals surface area (Å²) in [6, 6.07) is 9.96. The molecular weight excluding hydrogens is 411 g/mol. The first-order valence-electron chi connectivity index (χ1n) is 10.2. The molecule has 1 N–H and O–H groups in total. The van der Waals surface area contributed by atoms with E-state index in [0.717, 1.165) is 51.1 Å². The molecule has 164 valence electrons. The predicted octanol–water partition coefficient (Wildman–Crippen LogP) is 2.34. The van der Waals surface area contributed by atoms with Crippen molar-refractivity contribution in [1.82, 2.24) is 20.0 Å². The van der Waals surface area contributed by atoms with Crippen LogP contribution in [0.15, 0.2) is 30.3 Å². The van der Waals surface area contributed by atoms with Gasteiger partial charge in [0.05, 0.1) is 6.54 Å². The molecule has 2 fully saturated rings. The number of piperidine rings is 1. The smallest absolute Gasteiger partial charge is 0.244 e. The summed E-state index contributed by atoms with van der Waals surface area (Å²) in [5, 5.41) is 3.13. The van der Waals surface area contributed by atoms with Crippen molar-refractivity contribution in [3.8, 4) is 0 Å². The topological polar surface area (TPSA) is 55.9 Å². The summed E-state index contributed by atoms with van der Waals surface area (Å²) in [6.07, 6.45) is 1.93. The first-order valence-corrected chi connectivity index (χ1v) is 10.2. The van der Waals surface area contributed by atoms with E-state index in [9.17, 15) is 9.59 Å². The number of nitrogens with zero attached hydrogens (tertiary/aromatic N) is 3. The van der Waals surface area contributed by atoms with Crippen molar-refractivity contribution in [3.05, 3.63) is 35.9 Å². The molecule has 1 aromatic carbocycles. The molecule has 0 spiro atoms. The summed E-state index contributed by atoms with van der Waals surface area (Å²) >= 11 is 0. The summed E-state index contributed by atoms with van der Waals surface area (Å²) in [5.74, 6) is 0.320. The molecule has 0 radical (unpaired) electrons. The maximum atomic E-state index is 13.5. The van der Waals surface area contributed by atoms with Gasteiger partial charge in [-0.05, 0) is 31.5 Å². The van der Waals surface area contributed by atoms with E-state index in [1.807, 2.05) is 40.1 Å². The van der Waals surface area contributed by atoms with Gasteiger partial charge in [-0.25, -0.2) is 0 Å². The van der Waals surface area contributed by atoms with E-state index in [1.165, 1.54) is 0 Å². The van der Waals surface area contributed by atoms with Gasteiger partial charge in [0.2, 0.25) is 11.8 Å². The molecule has 8 heteroatoms. The number of benzene rings is 1. The Bertz CT molecular complexity index is 643. The molecule has 3 rings (SSSR count). The largest absolute Gasteiger partial charge is 0.339 e. The van der Waals surface area contributed by atoms with Gasteiger partial charge in [0.15, 0.2) is 0 Å². The van der Waals surface area contributed by atoms with E-state index in [1.54, 1.807) is 0 Å². The van der Waals surface area contributed by atoms with Crippen molar-refractivity contribution >= 4 is 36.6 Å². The molecule has 0 aliphatic carbocycles. The van der Waals surface area contributed by atoms with Crippen LogP contribution in [0.25, 0.3) is 0 Å². The maximum Gasteiger partial charge on any atom is 0.244 e. The SMILES string of the molecule is CCN(CC)C(C(=O)N1CCCC(N2CCNCC2=O)C1)c1ccccc1.Cl.Cl. The van der Waals surface area contributed by atoms with Gasteiger partial charge < -0.3 is 15.1 Å². The van der Waals surface area contributed by atoms with Crippen molar-refractivity contribution in [2.24, 2.45) is 0 Å². The van der Waals surface area contributed by atoms with Crippen LogP contribution in [0.3, 0.4) is 0 Å². The van der Waals surface area contributed by atoms with Crippen LogP contribution in [0.1, 0.15) is 38.3 Å². The van der Waals surface area contributed by atoms with Crippen LogP contribution in [0.4, 0.5) is 0 Å². The van der Waals surface area contributed by atoms with Crippen molar-refractivity contribution in [1.29, 1.82) is 0 Å². The summed E-state index contributed by atoms with van der Waals surface area (Å²) in [5.41, 5.74) is 1.05. The van der Waals surface area contributed by atoms with Gasteiger partial charge in [-0.2, -0.15) is 0 Å². The zero-order valence-electron chi connectivity index (χ0n) is 17.4. The van der Waals surface area contributed by atoms with E-state index in [4.69, 9.17) is 0 Å². The Morgan fingerprint density at radius 3 is 2.48 bits per heavy atom. The fourth-order valence-corrected chi connectivity index (χ4v) is 4.32. The van der Waals surface area contributed by atoms with Gasteiger partial charge in [0, 0.05) is 32.2 Å². The van der Waals surface area contributed by atoms with E-state index >= 15 is 0 Å². The third-order valence-electron chi connectivity index (χ3n) is 5.80. The second-order valence-corrected chi connectivity index (χ2v) is 7.38. The van der Waals surface area contributed by atoms with Gasteiger partial charge in [-0.15, -0.1) is 24.8 Å². The minimum atomic E-state index is -0.251. The highest BCUT2D eigenvalue weighted by atomic mass is 35.5. The average Bonchev–Trinajstić information content (AvgIpc) is 2.72. The number of carbonyl (C=O) groups is 2. The molecule has 2 heterocycles. The van der Waals surface area contributed by atoms with Crippen molar-refractivity contribution in [2.45, 2.75) is 38.8 Å². The lowest BCUT2D eigenvalue weighted by Gasteiger charge is -2.43. The summed E-state index contributed by atoms with van der Waals surface area (Å²) in [6.45, 7) is 9.28. The van der Waals surface area contributed by atoms with Crippen LogP contribution in [-0.4, -0.2) is 78.4 Å². The molecule has 2 unspecified atom stereocenters. The Kier molecular flexibility index (Phi) is 11.0. The van der Waals surface area contributed by atoms with Crippen molar-refractivity contribution < 1.29 is 9.59 Å². The van der Waals surface area contributed by atoms with Crippen LogP contribution in [0.2, 0.25) is 0 Å². The maximum absolute atomic E-state index is 13.5. The first kappa shape index (κ1) is 25.7. The second-order valence-electron chi connectivity index (χ2n) is 7.38. The Labute approximate surface area is 186 Å². The zero-order chi connectivity index (χ0) is 19.2. The molecule has 1 aromatic rings. The minimum absolute atomic E-state index is 0. The highest BCUT2D eigenvalue weighted by molar-refractivity contribution is 5.86. The van der Waals surface area contributed by atoms with Crippen LogP contribution in [0.5, 0.6) is 0 Å². The van der Waals surface area contributed by atoms with E-state index < -0.39 is 0 Å². The van der Waals surface area contributed by atoms with Crippen molar-refractivity contribution in [2.75, 3.05) is 45.8 Å². The van der Waals surface area contributed by atoms with Crippen LogP contribution >= 0.6 is 24.8 Å². The number of amides is 2. The number of rotatable bonds is 6. The Hall–Kier alpha value is -1.34. The quantitative estimate of drug-likeness (QED) is 0.731. The molecule has 2 atom stereocenters. The van der Waals surface area contributed by atoms with Gasteiger partial charge in [0.1, 0.15) is 6.04 Å². The highest BCUT2D eigenvalue weighted by Crippen LogP contribution is 2.26. The second kappa shape index (κ2) is 12.4. The number of nitrogens with one attached hydrogen (secondary N) is 1. The van der Waals surface area contributed by atoms with Crippen LogP contribution in [0, 0.1) is 0 Å².